The Kier molecular flexibility index (Phi) is 25.1. The average Bonchev–Trinajstić information content (AvgIpc) is 3.32. The number of ether oxygens (including phenoxy) is 4. The zero-order chi connectivity index (χ0) is 61.8. The van der Waals surface area contributed by atoms with Crippen LogP contribution in [0.4, 0.5) is 8.78 Å². The molecule has 18 heteroatoms. The molecule has 0 saturated carbocycles. The maximum Gasteiger partial charge on any atom is 0.329 e. The van der Waals surface area contributed by atoms with Crippen molar-refractivity contribution in [1.29, 1.82) is 0 Å². The maximum absolute atomic E-state index is 15.7. The van der Waals surface area contributed by atoms with Gasteiger partial charge in [-0.25, -0.2) is 23.2 Å². The smallest absolute Gasteiger partial charge is 0.329 e. The van der Waals surface area contributed by atoms with Crippen molar-refractivity contribution in [3.05, 3.63) is 59.2 Å². The molecule has 1 aliphatic carbocycles. The fraction of sp³-hybridized carbons (Fsp3) is 0.710. The van der Waals surface area contributed by atoms with Crippen LogP contribution in [0.25, 0.3) is 0 Å². The summed E-state index contributed by atoms with van der Waals surface area (Å²) in [5, 5.41) is 2.91. The molecule has 80 heavy (non-hydrogen) atoms. The van der Waals surface area contributed by atoms with E-state index < -0.39 is 120 Å². The van der Waals surface area contributed by atoms with E-state index in [9.17, 15) is 33.6 Å². The number of aldehydes is 1. The first kappa shape index (κ1) is 70.6. The molecule has 452 valence electrons. The number of nitrogens with zero attached hydrogens (tertiary/aromatic N) is 3. The Morgan fingerprint density at radius 1 is 0.600 bits per heavy atom. The van der Waals surface area contributed by atoms with Crippen molar-refractivity contribution in [2.24, 2.45) is 22.2 Å². The lowest BCUT2D eigenvalue weighted by Crippen LogP contribution is -2.54. The molecule has 1 aromatic carbocycles. The predicted octanol–water partition coefficient (Wildman–Crippen LogP) is 9.57. The number of hydrogen-bond acceptors (Lipinski definition) is 13. The molecule has 0 bridgehead atoms. The molecule has 9 atom stereocenters. The molecule has 0 fully saturated rings. The lowest BCUT2D eigenvalue weighted by atomic mass is 9.76. The normalized spacial score (nSPS) is 17.4. The van der Waals surface area contributed by atoms with Gasteiger partial charge in [-0.1, -0.05) is 126 Å². The Morgan fingerprint density at radius 3 is 1.41 bits per heavy atom. The lowest BCUT2D eigenvalue weighted by molar-refractivity contribution is -0.174. The van der Waals surface area contributed by atoms with Gasteiger partial charge in [0.15, 0.2) is 30.7 Å². The minimum atomic E-state index is -2.06. The number of esters is 4. The minimum Gasteiger partial charge on any atom is -0.453 e. The molecule has 2 rings (SSSR count). The Labute approximate surface area is 476 Å². The molecule has 0 aliphatic heterocycles. The van der Waals surface area contributed by atoms with Gasteiger partial charge in [0.25, 0.3) is 17.7 Å². The predicted molar refractivity (Wildman–Crippen MR) is 305 cm³/mol. The van der Waals surface area contributed by atoms with Gasteiger partial charge in [0, 0.05) is 46.8 Å². The summed E-state index contributed by atoms with van der Waals surface area (Å²) in [5.74, 6) is -6.29. The zero-order valence-corrected chi connectivity index (χ0v) is 52.3. The van der Waals surface area contributed by atoms with Crippen molar-refractivity contribution in [3.8, 4) is 0 Å². The number of allylic oxidation sites excluding steroid dienone is 3. The van der Waals surface area contributed by atoms with Crippen molar-refractivity contribution >= 4 is 47.9 Å². The van der Waals surface area contributed by atoms with E-state index >= 15 is 13.6 Å². The monoisotopic (exact) mass is 1130 g/mol. The molecule has 0 aromatic heterocycles. The fourth-order valence-corrected chi connectivity index (χ4v) is 9.21. The van der Waals surface area contributed by atoms with Gasteiger partial charge in [-0.3, -0.25) is 24.0 Å². The molecule has 1 aliphatic rings. The molecule has 1 unspecified atom stereocenters. The minimum absolute atomic E-state index is 0.0120. The first-order valence-electron chi connectivity index (χ1n) is 27.9. The molecular weight excluding hydrogens is 1030 g/mol. The topological polar surface area (TPSA) is 195 Å². The third-order valence-electron chi connectivity index (χ3n) is 14.1. The van der Waals surface area contributed by atoms with Crippen LogP contribution < -0.4 is 5.32 Å². The van der Waals surface area contributed by atoms with Crippen LogP contribution in [-0.4, -0.2) is 151 Å². The van der Waals surface area contributed by atoms with Crippen LogP contribution in [0.1, 0.15) is 174 Å². The summed E-state index contributed by atoms with van der Waals surface area (Å²) in [4.78, 5) is 115. The lowest BCUT2D eigenvalue weighted by Gasteiger charge is -2.36. The Bertz CT molecular complexity index is 2360. The van der Waals surface area contributed by atoms with Gasteiger partial charge in [0.2, 0.25) is 0 Å². The molecule has 0 saturated heterocycles. The second kappa shape index (κ2) is 28.5. The fourth-order valence-electron chi connectivity index (χ4n) is 9.21. The number of amides is 3. The van der Waals surface area contributed by atoms with Crippen molar-refractivity contribution in [3.63, 3.8) is 0 Å². The first-order valence-corrected chi connectivity index (χ1v) is 27.9. The van der Waals surface area contributed by atoms with Gasteiger partial charge in [0.1, 0.15) is 35.5 Å². The standard InChI is InChI=1S/C62H98F2N4O12/c1-38(77-53(73)45(65-19)33-57(3,4)5)50(70)67(21)48(36-62(17,18)64)56(76)80-49(32-41-25-29-43(30-26-41)60(12,13)14)52(72)68(22)46(34-58(6,7)8)54(74)78-39(2)51(71)66(20)47(35-61(15,16)63)55(75)79-44(37-69)31-40-23-27-42(28-24-40)59(9,10)11/h23-27,29-30,37-39,42,44-49,65H,28,31-36H2,1-22H3/t38-,39-,42?,44-,45+,46+,47+,48+,49-/m1/s1. The second-order valence-electron chi connectivity index (χ2n) is 27.5. The van der Waals surface area contributed by atoms with E-state index in [2.05, 4.69) is 32.2 Å². The van der Waals surface area contributed by atoms with Crippen molar-refractivity contribution in [1.82, 2.24) is 20.0 Å². The molecular formula is C62H98F2N4O12. The van der Waals surface area contributed by atoms with Gasteiger partial charge < -0.3 is 39.0 Å². The van der Waals surface area contributed by atoms with Gasteiger partial charge in [-0.15, -0.1) is 0 Å². The molecule has 0 heterocycles. The van der Waals surface area contributed by atoms with Crippen LogP contribution in [-0.2, 0) is 69.1 Å². The number of nitrogens with one attached hydrogen (secondary N) is 1. The average molecular weight is 1130 g/mol. The van der Waals surface area contributed by atoms with E-state index in [0.717, 1.165) is 32.3 Å². The number of benzene rings is 1. The first-order chi connectivity index (χ1) is 36.3. The van der Waals surface area contributed by atoms with E-state index in [0.29, 0.717) is 18.3 Å². The van der Waals surface area contributed by atoms with Crippen molar-refractivity contribution in [2.45, 2.75) is 235 Å². The molecule has 3 amide bonds. The molecule has 0 radical (unpaired) electrons. The number of likely N-dealkylation sites (N-methyl/N-ethyl adjacent to an activating group) is 4. The number of carbonyl (C=O) groups excluding carboxylic acids is 8. The van der Waals surface area contributed by atoms with Gasteiger partial charge in [-0.05, 0) is 112 Å². The highest BCUT2D eigenvalue weighted by Crippen LogP contribution is 2.35. The summed E-state index contributed by atoms with van der Waals surface area (Å²) in [5.41, 5.74) is -2.94. The second-order valence-corrected chi connectivity index (χ2v) is 27.5. The summed E-state index contributed by atoms with van der Waals surface area (Å²) >= 11 is 0. The highest BCUT2D eigenvalue weighted by Gasteiger charge is 2.44. The highest BCUT2D eigenvalue weighted by atomic mass is 19.1. The van der Waals surface area contributed by atoms with Gasteiger partial charge in [0.05, 0.1) is 0 Å². The largest absolute Gasteiger partial charge is 0.453 e. The quantitative estimate of drug-likeness (QED) is 0.0524. The van der Waals surface area contributed by atoms with E-state index in [1.54, 1.807) is 19.2 Å². The third kappa shape index (κ3) is 23.1. The van der Waals surface area contributed by atoms with Crippen molar-refractivity contribution in [2.75, 3.05) is 28.2 Å². The van der Waals surface area contributed by atoms with Gasteiger partial charge >= 0.3 is 23.9 Å². The van der Waals surface area contributed by atoms with E-state index in [-0.39, 0.29) is 41.4 Å². The maximum atomic E-state index is 15.7. The van der Waals surface area contributed by atoms with Crippen LogP contribution in [0.2, 0.25) is 0 Å². The third-order valence-corrected chi connectivity index (χ3v) is 14.1. The number of carbonyl (C=O) groups is 8. The number of rotatable bonds is 26. The summed E-state index contributed by atoms with van der Waals surface area (Å²) < 4.78 is 54.2. The molecule has 16 nitrogen and oxygen atoms in total. The SMILES string of the molecule is CN[C@@H](CC(C)(C)C)C(=O)O[C@H](C)C(=O)N(C)[C@@H](CC(C)(C)F)C(=O)O[C@H](Cc1ccc(C(C)(C)C)cc1)C(=O)N(C)[C@@H](CC(C)(C)C)C(=O)O[C@H](C)C(=O)N(C)[C@@H](CC(C)(C)F)C(=O)O[C@@H](C=O)CC1=CCC(C(C)(C)C)C=C1. The van der Waals surface area contributed by atoms with E-state index in [4.69, 9.17) is 18.9 Å². The molecule has 0 spiro atoms. The van der Waals surface area contributed by atoms with Crippen LogP contribution in [0.3, 0.4) is 0 Å². The Balaban J connectivity index is 2.57. The van der Waals surface area contributed by atoms with Gasteiger partial charge in [-0.2, -0.15) is 0 Å². The Morgan fingerprint density at radius 2 is 1.02 bits per heavy atom. The van der Waals surface area contributed by atoms with E-state index in [1.807, 2.05) is 86.6 Å². The van der Waals surface area contributed by atoms with Crippen LogP contribution in [0.15, 0.2) is 48.1 Å². The van der Waals surface area contributed by atoms with E-state index in [1.165, 1.54) is 62.7 Å². The van der Waals surface area contributed by atoms with Crippen molar-refractivity contribution < 1.29 is 66.1 Å². The number of halogens is 2. The summed E-state index contributed by atoms with van der Waals surface area (Å²) in [7, 11) is 5.39. The summed E-state index contributed by atoms with van der Waals surface area (Å²) in [6, 6.07) is 1.91. The van der Waals surface area contributed by atoms with Crippen LogP contribution >= 0.6 is 0 Å². The number of alkyl halides is 2. The summed E-state index contributed by atoms with van der Waals surface area (Å²) in [6.07, 6.45) is 0.251. The molecule has 1 N–H and O–H groups in total. The van der Waals surface area contributed by atoms with Crippen LogP contribution in [0.5, 0.6) is 0 Å². The number of hydrogen-bond donors (Lipinski definition) is 1. The summed E-state index contributed by atoms with van der Waals surface area (Å²) in [6.45, 7) is 31.2. The Hall–Kier alpha value is -5.52. The highest BCUT2D eigenvalue weighted by molar-refractivity contribution is 5.93. The zero-order valence-electron chi connectivity index (χ0n) is 52.3. The van der Waals surface area contributed by atoms with Crippen LogP contribution in [0, 0.1) is 22.2 Å². The molecule has 1 aromatic rings.